The maximum absolute atomic E-state index is 10.7. The molecule has 0 spiro atoms. The Hall–Kier alpha value is -1.40. The van der Waals surface area contributed by atoms with E-state index >= 15 is 0 Å². The maximum atomic E-state index is 10.7. The lowest BCUT2D eigenvalue weighted by Crippen LogP contribution is -2.40. The number of aliphatic hydroxyl groups is 1. The summed E-state index contributed by atoms with van der Waals surface area (Å²) in [6.45, 7) is 6.48. The van der Waals surface area contributed by atoms with E-state index in [-0.39, 0.29) is 10.9 Å². The van der Waals surface area contributed by atoms with Crippen LogP contribution in [0, 0.1) is 27.4 Å². The van der Waals surface area contributed by atoms with E-state index in [1.54, 1.807) is 18.3 Å². The molecule has 1 N–H and O–H groups in total. The normalized spacial score (nSPS) is 35.0. The second-order valence-corrected chi connectivity index (χ2v) is 8.50. The fraction of sp³-hybridized carbons (Fsp3) is 0.588. The highest BCUT2D eigenvalue weighted by Crippen LogP contribution is 2.67. The van der Waals surface area contributed by atoms with Crippen molar-refractivity contribution in [3.8, 4) is 0 Å². The smallest absolute Gasteiger partial charge is 0.269 e. The van der Waals surface area contributed by atoms with Crippen LogP contribution in [0.4, 0.5) is 5.69 Å². The van der Waals surface area contributed by atoms with Gasteiger partial charge in [0.1, 0.15) is 0 Å². The van der Waals surface area contributed by atoms with E-state index in [1.807, 2.05) is 6.92 Å². The number of hydrogen-bond donors (Lipinski definition) is 1. The van der Waals surface area contributed by atoms with Gasteiger partial charge < -0.3 is 5.11 Å². The SMILES string of the molecule is CC1(C)[C@@H]2C[C@@H](S/N=C/c3ccc([N+](=O)[O-])cc3)[C@](C)(O)C[C@@H]21. The molecule has 0 saturated heterocycles. The lowest BCUT2D eigenvalue weighted by molar-refractivity contribution is -0.384. The van der Waals surface area contributed by atoms with Gasteiger partial charge in [-0.25, -0.2) is 4.40 Å². The van der Waals surface area contributed by atoms with Crippen LogP contribution in [0.15, 0.2) is 28.7 Å². The Morgan fingerprint density at radius 1 is 1.30 bits per heavy atom. The lowest BCUT2D eigenvalue weighted by Gasteiger charge is -2.34. The third-order valence-corrected chi connectivity index (χ3v) is 6.76. The summed E-state index contributed by atoms with van der Waals surface area (Å²) in [7, 11) is 0. The zero-order chi connectivity index (χ0) is 16.8. The summed E-state index contributed by atoms with van der Waals surface area (Å²) < 4.78 is 4.40. The van der Waals surface area contributed by atoms with Gasteiger partial charge in [-0.1, -0.05) is 13.8 Å². The Balaban J connectivity index is 1.62. The molecular weight excluding hydrogens is 312 g/mol. The molecule has 23 heavy (non-hydrogen) atoms. The molecule has 4 atom stereocenters. The number of non-ortho nitro benzene ring substituents is 1. The largest absolute Gasteiger partial charge is 0.389 e. The first-order valence-corrected chi connectivity index (χ1v) is 8.71. The van der Waals surface area contributed by atoms with E-state index in [0.717, 1.165) is 18.4 Å². The van der Waals surface area contributed by atoms with Crippen LogP contribution in [-0.4, -0.2) is 27.1 Å². The molecule has 0 bridgehead atoms. The summed E-state index contributed by atoms with van der Waals surface area (Å²) in [4.78, 5) is 10.2. The number of hydrogen-bond acceptors (Lipinski definition) is 5. The molecule has 1 aromatic rings. The standard InChI is InChI=1S/C17H22N2O3S/c1-16(2)13-8-15(17(3,20)9-14(13)16)23-18-10-11-4-6-12(7-5-11)19(21)22/h4-7,10,13-15,20H,8-9H2,1-3H3/b18-10+/t13-,14+,15-,17-/m1/s1. The molecule has 0 amide bonds. The average Bonchev–Trinajstić information content (AvgIpc) is 2.98. The highest BCUT2D eigenvalue weighted by molar-refractivity contribution is 7.98. The van der Waals surface area contributed by atoms with Gasteiger partial charge in [-0.2, -0.15) is 0 Å². The van der Waals surface area contributed by atoms with Crippen LogP contribution in [0.3, 0.4) is 0 Å². The second-order valence-electron chi connectivity index (χ2n) is 7.51. The molecule has 1 aromatic carbocycles. The van der Waals surface area contributed by atoms with Crippen LogP contribution >= 0.6 is 11.9 Å². The molecule has 0 unspecified atom stereocenters. The highest BCUT2D eigenvalue weighted by Gasteiger charge is 2.63. The molecule has 6 heteroatoms. The number of benzene rings is 1. The maximum Gasteiger partial charge on any atom is 0.269 e. The highest BCUT2D eigenvalue weighted by atomic mass is 32.2. The second kappa shape index (κ2) is 5.60. The Morgan fingerprint density at radius 2 is 1.96 bits per heavy atom. The first kappa shape index (κ1) is 16.5. The predicted molar refractivity (Wildman–Crippen MR) is 92.7 cm³/mol. The summed E-state index contributed by atoms with van der Waals surface area (Å²) in [5.74, 6) is 1.32. The van der Waals surface area contributed by atoms with Crippen molar-refractivity contribution in [1.29, 1.82) is 0 Å². The number of rotatable bonds is 4. The summed E-state index contributed by atoms with van der Waals surface area (Å²) in [5, 5.41) is 21.4. The van der Waals surface area contributed by atoms with Crippen LogP contribution < -0.4 is 0 Å². The minimum atomic E-state index is -0.688. The third-order valence-electron chi connectivity index (χ3n) is 5.58. The lowest BCUT2D eigenvalue weighted by atomic mass is 9.86. The third kappa shape index (κ3) is 3.15. The van der Waals surface area contributed by atoms with Crippen molar-refractivity contribution >= 4 is 23.8 Å². The van der Waals surface area contributed by atoms with Crippen molar-refractivity contribution in [2.24, 2.45) is 21.6 Å². The van der Waals surface area contributed by atoms with Crippen LogP contribution in [0.25, 0.3) is 0 Å². The molecule has 5 nitrogen and oxygen atoms in total. The topological polar surface area (TPSA) is 75.7 Å². The first-order chi connectivity index (χ1) is 10.7. The van der Waals surface area contributed by atoms with Gasteiger partial charge in [0, 0.05) is 18.3 Å². The summed E-state index contributed by atoms with van der Waals surface area (Å²) in [6.07, 6.45) is 3.54. The van der Waals surface area contributed by atoms with E-state index in [4.69, 9.17) is 0 Å². The average molecular weight is 334 g/mol. The fourth-order valence-electron chi connectivity index (χ4n) is 3.80. The van der Waals surface area contributed by atoms with Crippen molar-refractivity contribution in [2.75, 3.05) is 0 Å². The molecule has 0 aromatic heterocycles. The van der Waals surface area contributed by atoms with Gasteiger partial charge in [0.25, 0.3) is 5.69 Å². The zero-order valence-electron chi connectivity index (χ0n) is 13.6. The molecule has 2 aliphatic carbocycles. The minimum absolute atomic E-state index is 0.0759. The predicted octanol–water partition coefficient (Wildman–Crippen LogP) is 3.85. The minimum Gasteiger partial charge on any atom is -0.389 e. The Kier molecular flexibility index (Phi) is 4.01. The molecule has 3 rings (SSSR count). The first-order valence-electron chi connectivity index (χ1n) is 7.88. The van der Waals surface area contributed by atoms with Crippen LogP contribution in [0.1, 0.15) is 39.2 Å². The molecule has 0 radical (unpaired) electrons. The Morgan fingerprint density at radius 3 is 2.57 bits per heavy atom. The fourth-order valence-corrected chi connectivity index (χ4v) is 4.74. The van der Waals surface area contributed by atoms with E-state index in [0.29, 0.717) is 17.3 Å². The number of nitro benzene ring substituents is 1. The van der Waals surface area contributed by atoms with Gasteiger partial charge in [0.05, 0.1) is 15.8 Å². The Bertz CT molecular complexity index is 640. The van der Waals surface area contributed by atoms with Gasteiger partial charge in [0.2, 0.25) is 0 Å². The molecule has 2 aliphatic rings. The molecule has 2 fully saturated rings. The van der Waals surface area contributed by atoms with Crippen molar-refractivity contribution in [2.45, 2.75) is 44.5 Å². The Labute approximate surface area is 140 Å². The monoisotopic (exact) mass is 334 g/mol. The van der Waals surface area contributed by atoms with Crippen LogP contribution in [-0.2, 0) is 0 Å². The van der Waals surface area contributed by atoms with E-state index in [2.05, 4.69) is 18.2 Å². The molecule has 124 valence electrons. The number of nitrogens with zero attached hydrogens (tertiary/aromatic N) is 2. The van der Waals surface area contributed by atoms with Gasteiger partial charge in [0.15, 0.2) is 0 Å². The summed E-state index contributed by atoms with van der Waals surface area (Å²) in [6, 6.07) is 6.31. The van der Waals surface area contributed by atoms with Gasteiger partial charge in [-0.15, -0.1) is 0 Å². The van der Waals surface area contributed by atoms with Crippen molar-refractivity contribution in [1.82, 2.24) is 0 Å². The van der Waals surface area contributed by atoms with E-state index < -0.39 is 10.5 Å². The van der Waals surface area contributed by atoms with Crippen LogP contribution in [0.2, 0.25) is 0 Å². The van der Waals surface area contributed by atoms with Gasteiger partial charge >= 0.3 is 0 Å². The molecule has 2 saturated carbocycles. The molecular formula is C17H22N2O3S. The van der Waals surface area contributed by atoms with Crippen molar-refractivity contribution in [3.05, 3.63) is 39.9 Å². The summed E-state index contributed by atoms with van der Waals surface area (Å²) >= 11 is 1.43. The van der Waals surface area contributed by atoms with Gasteiger partial charge in [-0.05, 0) is 66.7 Å². The van der Waals surface area contributed by atoms with E-state index in [9.17, 15) is 15.2 Å². The van der Waals surface area contributed by atoms with Crippen LogP contribution in [0.5, 0.6) is 0 Å². The quantitative estimate of drug-likeness (QED) is 0.393. The van der Waals surface area contributed by atoms with Crippen molar-refractivity contribution in [3.63, 3.8) is 0 Å². The van der Waals surface area contributed by atoms with E-state index in [1.165, 1.54) is 24.1 Å². The molecule has 0 aliphatic heterocycles. The van der Waals surface area contributed by atoms with Crippen molar-refractivity contribution < 1.29 is 10.0 Å². The number of fused-ring (bicyclic) bond motifs is 1. The van der Waals surface area contributed by atoms with Gasteiger partial charge in [-0.3, -0.25) is 10.1 Å². The molecule has 0 heterocycles. The number of nitro groups is 1. The zero-order valence-corrected chi connectivity index (χ0v) is 14.4. The summed E-state index contributed by atoms with van der Waals surface area (Å²) in [5.41, 5.74) is 0.559.